The lowest BCUT2D eigenvalue weighted by molar-refractivity contribution is 0.0713. The van der Waals surface area contributed by atoms with E-state index in [-0.39, 0.29) is 17.5 Å². The minimum absolute atomic E-state index is 0.00828. The summed E-state index contributed by atoms with van der Waals surface area (Å²) in [5.74, 6) is 0.759. The molecule has 0 unspecified atom stereocenters. The molecule has 0 saturated carbocycles. The molecule has 1 spiro atoms. The summed E-state index contributed by atoms with van der Waals surface area (Å²) >= 11 is 0. The molecule has 2 fully saturated rings. The fraction of sp³-hybridized carbons (Fsp3) is 0.542. The second-order valence-electron chi connectivity index (χ2n) is 9.30. The van der Waals surface area contributed by atoms with Crippen LogP contribution in [0.2, 0.25) is 0 Å². The molecule has 3 heterocycles. The van der Waals surface area contributed by atoms with E-state index < -0.39 is 5.82 Å². The predicted octanol–water partition coefficient (Wildman–Crippen LogP) is 3.81. The van der Waals surface area contributed by atoms with E-state index in [4.69, 9.17) is 4.74 Å². The quantitative estimate of drug-likeness (QED) is 0.679. The second-order valence-corrected chi connectivity index (χ2v) is 9.30. The number of amides is 1. The van der Waals surface area contributed by atoms with Crippen LogP contribution in [0.15, 0.2) is 30.7 Å². The number of anilines is 1. The first-order valence-corrected chi connectivity index (χ1v) is 11.3. The molecule has 0 bridgehead atoms. The van der Waals surface area contributed by atoms with Crippen molar-refractivity contribution in [3.8, 4) is 11.5 Å². The fourth-order valence-corrected chi connectivity index (χ4v) is 4.72. The normalized spacial score (nSPS) is 18.0. The third-order valence-electron chi connectivity index (χ3n) is 6.68. The standard InChI is InChI=1S/C24H32FN5O2/c1-5-30(17(2)3)23(31)19-12-18(25)6-7-20(19)32-21-13-26-16-27-22(21)29-14-24(15-29)8-10-28(4)11-9-24/h6-7,12-13,16-17H,5,8-11,14-15H2,1-4H3. The van der Waals surface area contributed by atoms with Crippen molar-refractivity contribution in [2.45, 2.75) is 39.7 Å². The molecule has 0 atom stereocenters. The fourth-order valence-electron chi connectivity index (χ4n) is 4.72. The van der Waals surface area contributed by atoms with Gasteiger partial charge < -0.3 is 19.4 Å². The summed E-state index contributed by atoms with van der Waals surface area (Å²) in [4.78, 5) is 28.0. The number of carbonyl (C=O) groups is 1. The van der Waals surface area contributed by atoms with Crippen LogP contribution in [0, 0.1) is 11.2 Å². The highest BCUT2D eigenvalue weighted by molar-refractivity contribution is 5.97. The molecule has 2 aliphatic rings. The summed E-state index contributed by atoms with van der Waals surface area (Å²) in [5.41, 5.74) is 0.538. The number of nitrogens with zero attached hydrogens (tertiary/aromatic N) is 5. The number of carbonyl (C=O) groups excluding carboxylic acids is 1. The number of rotatable bonds is 6. The minimum atomic E-state index is -0.475. The summed E-state index contributed by atoms with van der Waals surface area (Å²) in [6.07, 6.45) is 5.48. The molecule has 2 aliphatic heterocycles. The lowest BCUT2D eigenvalue weighted by Crippen LogP contribution is -2.60. The van der Waals surface area contributed by atoms with E-state index in [9.17, 15) is 9.18 Å². The Bertz CT molecular complexity index is 967. The van der Waals surface area contributed by atoms with Gasteiger partial charge in [-0.15, -0.1) is 0 Å². The largest absolute Gasteiger partial charge is 0.451 e. The van der Waals surface area contributed by atoms with Crippen LogP contribution >= 0.6 is 0 Å². The van der Waals surface area contributed by atoms with Gasteiger partial charge in [0.2, 0.25) is 0 Å². The van der Waals surface area contributed by atoms with E-state index in [2.05, 4.69) is 26.8 Å². The van der Waals surface area contributed by atoms with Crippen LogP contribution < -0.4 is 9.64 Å². The Morgan fingerprint density at radius 1 is 1.25 bits per heavy atom. The van der Waals surface area contributed by atoms with Gasteiger partial charge in [-0.3, -0.25) is 4.79 Å². The maximum Gasteiger partial charge on any atom is 0.257 e. The van der Waals surface area contributed by atoms with Crippen molar-refractivity contribution < 1.29 is 13.9 Å². The van der Waals surface area contributed by atoms with Gasteiger partial charge in [0, 0.05) is 31.1 Å². The smallest absolute Gasteiger partial charge is 0.257 e. The topological polar surface area (TPSA) is 61.8 Å². The number of ether oxygens (including phenoxy) is 1. The van der Waals surface area contributed by atoms with Gasteiger partial charge in [-0.05, 0) is 71.9 Å². The third-order valence-corrected chi connectivity index (χ3v) is 6.68. The van der Waals surface area contributed by atoms with Gasteiger partial charge in [-0.1, -0.05) is 0 Å². The molecule has 8 heteroatoms. The summed E-state index contributed by atoms with van der Waals surface area (Å²) < 4.78 is 20.2. The molecule has 7 nitrogen and oxygen atoms in total. The molecular formula is C24H32FN5O2. The molecule has 1 aromatic carbocycles. The number of aromatic nitrogens is 2. The number of likely N-dealkylation sites (tertiary alicyclic amines) is 1. The van der Waals surface area contributed by atoms with Crippen molar-refractivity contribution in [2.75, 3.05) is 44.7 Å². The maximum atomic E-state index is 14.1. The molecule has 4 rings (SSSR count). The van der Waals surface area contributed by atoms with Gasteiger partial charge in [0.25, 0.3) is 5.91 Å². The Morgan fingerprint density at radius 3 is 2.62 bits per heavy atom. The Hall–Kier alpha value is -2.74. The van der Waals surface area contributed by atoms with Crippen molar-refractivity contribution in [3.63, 3.8) is 0 Å². The molecule has 172 valence electrons. The molecule has 1 aromatic heterocycles. The molecular weight excluding hydrogens is 409 g/mol. The first-order chi connectivity index (χ1) is 15.3. The van der Waals surface area contributed by atoms with Crippen molar-refractivity contribution >= 4 is 11.7 Å². The van der Waals surface area contributed by atoms with Crippen LogP contribution in [0.25, 0.3) is 0 Å². The molecule has 2 saturated heterocycles. The van der Waals surface area contributed by atoms with Crippen LogP contribution in [-0.4, -0.2) is 71.5 Å². The SMILES string of the molecule is CCN(C(=O)c1cc(F)ccc1Oc1cncnc1N1CC2(CCN(C)CC2)C1)C(C)C. The average molecular weight is 442 g/mol. The first kappa shape index (κ1) is 22.5. The third kappa shape index (κ3) is 4.41. The summed E-state index contributed by atoms with van der Waals surface area (Å²) in [5, 5.41) is 0. The van der Waals surface area contributed by atoms with E-state index in [0.717, 1.165) is 26.2 Å². The van der Waals surface area contributed by atoms with Gasteiger partial charge in [0.15, 0.2) is 11.6 Å². The lowest BCUT2D eigenvalue weighted by Gasteiger charge is -2.54. The second kappa shape index (κ2) is 9.02. The van der Waals surface area contributed by atoms with Gasteiger partial charge in [-0.25, -0.2) is 14.4 Å². The van der Waals surface area contributed by atoms with Crippen LogP contribution in [0.3, 0.4) is 0 Å². The zero-order chi connectivity index (χ0) is 22.9. The van der Waals surface area contributed by atoms with Crippen LogP contribution in [-0.2, 0) is 0 Å². The molecule has 2 aromatic rings. The Kier molecular flexibility index (Phi) is 6.33. The van der Waals surface area contributed by atoms with Crippen molar-refractivity contribution in [1.29, 1.82) is 0 Å². The Morgan fingerprint density at radius 2 is 1.97 bits per heavy atom. The molecule has 0 aliphatic carbocycles. The van der Waals surface area contributed by atoms with Crippen molar-refractivity contribution in [3.05, 3.63) is 42.1 Å². The number of piperidine rings is 1. The van der Waals surface area contributed by atoms with E-state index in [1.54, 1.807) is 11.1 Å². The Balaban J connectivity index is 1.57. The number of benzene rings is 1. The summed E-state index contributed by atoms with van der Waals surface area (Å²) in [6.45, 7) is 10.4. The van der Waals surface area contributed by atoms with E-state index in [0.29, 0.717) is 29.3 Å². The van der Waals surface area contributed by atoms with Gasteiger partial charge in [0.1, 0.15) is 17.9 Å². The van der Waals surface area contributed by atoms with Crippen LogP contribution in [0.4, 0.5) is 10.2 Å². The van der Waals surface area contributed by atoms with E-state index in [1.165, 1.54) is 37.4 Å². The number of halogens is 1. The summed E-state index contributed by atoms with van der Waals surface area (Å²) in [6, 6.07) is 4.04. The number of hydrogen-bond acceptors (Lipinski definition) is 6. The van der Waals surface area contributed by atoms with E-state index >= 15 is 0 Å². The molecule has 32 heavy (non-hydrogen) atoms. The average Bonchev–Trinajstić information content (AvgIpc) is 2.75. The Labute approximate surface area is 189 Å². The van der Waals surface area contributed by atoms with Crippen LogP contribution in [0.1, 0.15) is 44.0 Å². The number of hydrogen-bond donors (Lipinski definition) is 0. The van der Waals surface area contributed by atoms with Crippen LogP contribution in [0.5, 0.6) is 11.5 Å². The van der Waals surface area contributed by atoms with Gasteiger partial charge in [0.05, 0.1) is 11.8 Å². The van der Waals surface area contributed by atoms with Crippen molar-refractivity contribution in [2.24, 2.45) is 5.41 Å². The molecule has 1 amide bonds. The maximum absolute atomic E-state index is 14.1. The monoisotopic (exact) mass is 441 g/mol. The van der Waals surface area contributed by atoms with Gasteiger partial charge in [-0.2, -0.15) is 0 Å². The first-order valence-electron chi connectivity index (χ1n) is 11.3. The summed E-state index contributed by atoms with van der Waals surface area (Å²) in [7, 11) is 2.17. The highest BCUT2D eigenvalue weighted by Crippen LogP contribution is 2.44. The highest BCUT2D eigenvalue weighted by atomic mass is 19.1. The highest BCUT2D eigenvalue weighted by Gasteiger charge is 2.45. The van der Waals surface area contributed by atoms with Gasteiger partial charge >= 0.3 is 0 Å². The zero-order valence-electron chi connectivity index (χ0n) is 19.3. The van der Waals surface area contributed by atoms with Crippen molar-refractivity contribution in [1.82, 2.24) is 19.8 Å². The van der Waals surface area contributed by atoms with E-state index in [1.807, 2.05) is 20.8 Å². The lowest BCUT2D eigenvalue weighted by atomic mass is 9.72. The molecule has 0 radical (unpaired) electrons. The zero-order valence-corrected chi connectivity index (χ0v) is 19.3. The molecule has 0 N–H and O–H groups in total. The minimum Gasteiger partial charge on any atom is -0.451 e. The predicted molar refractivity (Wildman–Crippen MR) is 122 cm³/mol.